The molecule has 0 aliphatic rings. The van der Waals surface area contributed by atoms with Crippen molar-refractivity contribution in [1.82, 2.24) is 15.0 Å². The quantitative estimate of drug-likeness (QED) is 0.272. The Balaban J connectivity index is 1.18. The highest BCUT2D eigenvalue weighted by Gasteiger charge is 2.10. The lowest BCUT2D eigenvalue weighted by molar-refractivity contribution is -0.116. The Bertz CT molecular complexity index is 1430. The number of carbonyl (C=O) groups excluding carboxylic acids is 1. The van der Waals surface area contributed by atoms with Gasteiger partial charge < -0.3 is 11.1 Å². The van der Waals surface area contributed by atoms with Crippen LogP contribution in [0.3, 0.4) is 0 Å². The van der Waals surface area contributed by atoms with E-state index in [1.165, 1.54) is 11.1 Å². The maximum Gasteiger partial charge on any atom is 0.224 e. The lowest BCUT2D eigenvalue weighted by Gasteiger charge is -2.09. The minimum absolute atomic E-state index is 0.106. The molecule has 5 aromatic rings. The second-order valence-corrected chi connectivity index (χ2v) is 9.25. The minimum atomic E-state index is -0.106. The maximum absolute atomic E-state index is 12.6. The number of carbonyl (C=O) groups is 1. The number of amides is 1. The number of nitrogens with zero attached hydrogens (tertiary/aromatic N) is 3. The topological polar surface area (TPSA) is 85.8 Å². The zero-order valence-corrected chi connectivity index (χ0v) is 19.9. The van der Waals surface area contributed by atoms with Crippen LogP contribution in [0.15, 0.2) is 96.5 Å². The van der Waals surface area contributed by atoms with Gasteiger partial charge in [-0.2, -0.15) is 0 Å². The lowest BCUT2D eigenvalue weighted by atomic mass is 10.0. The SMILES string of the molecule is Nc1ccc(-c2cccs2)cc1NC(=O)CCc1cn(Cc2cccc(-c3ccccc3)c2)nn1. The van der Waals surface area contributed by atoms with Gasteiger partial charge in [-0.15, -0.1) is 16.4 Å². The van der Waals surface area contributed by atoms with E-state index in [1.54, 1.807) is 16.0 Å². The first-order valence-electron chi connectivity index (χ1n) is 11.4. The lowest BCUT2D eigenvalue weighted by Crippen LogP contribution is -2.13. The molecular formula is C28H25N5OS. The number of benzene rings is 3. The number of anilines is 2. The summed E-state index contributed by atoms with van der Waals surface area (Å²) >= 11 is 1.65. The summed E-state index contributed by atoms with van der Waals surface area (Å²) < 4.78 is 1.81. The fraction of sp³-hybridized carbons (Fsp3) is 0.107. The number of nitrogens with two attached hydrogens (primary N) is 1. The van der Waals surface area contributed by atoms with Crippen molar-refractivity contribution in [1.29, 1.82) is 0 Å². The third-order valence-corrected chi connectivity index (χ3v) is 6.62. The molecule has 0 fully saturated rings. The third kappa shape index (κ3) is 5.65. The highest BCUT2D eigenvalue weighted by molar-refractivity contribution is 7.13. The Hall–Kier alpha value is -4.23. The number of aromatic nitrogens is 3. The summed E-state index contributed by atoms with van der Waals surface area (Å²) in [7, 11) is 0. The van der Waals surface area contributed by atoms with Crippen LogP contribution in [0.4, 0.5) is 11.4 Å². The first kappa shape index (κ1) is 22.6. The van der Waals surface area contributed by atoms with Crippen molar-refractivity contribution >= 4 is 28.6 Å². The Labute approximate surface area is 208 Å². The van der Waals surface area contributed by atoms with Crippen LogP contribution in [0.5, 0.6) is 0 Å². The number of nitrogens with one attached hydrogen (secondary N) is 1. The molecule has 0 aliphatic heterocycles. The van der Waals surface area contributed by atoms with Gasteiger partial charge in [0.15, 0.2) is 0 Å². The standard InChI is InChI=1S/C28H25N5OS/c29-25-13-11-23(27-10-5-15-35-27)17-26(25)30-28(34)14-12-24-19-33(32-31-24)18-20-6-4-9-22(16-20)21-7-2-1-3-8-21/h1-11,13,15-17,19H,12,14,18,29H2,(H,30,34). The molecule has 0 spiro atoms. The Kier molecular flexibility index (Phi) is 6.68. The van der Waals surface area contributed by atoms with Crippen molar-refractivity contribution < 1.29 is 4.79 Å². The number of aryl methyl sites for hydroxylation is 1. The van der Waals surface area contributed by atoms with Crippen molar-refractivity contribution in [2.24, 2.45) is 0 Å². The first-order valence-corrected chi connectivity index (χ1v) is 12.3. The van der Waals surface area contributed by atoms with E-state index < -0.39 is 0 Å². The van der Waals surface area contributed by atoms with Gasteiger partial charge in [-0.1, -0.05) is 65.9 Å². The van der Waals surface area contributed by atoms with Gasteiger partial charge in [0, 0.05) is 23.9 Å². The van der Waals surface area contributed by atoms with Crippen LogP contribution in [0.1, 0.15) is 17.7 Å². The number of hydrogen-bond acceptors (Lipinski definition) is 5. The summed E-state index contributed by atoms with van der Waals surface area (Å²) in [6.07, 6.45) is 2.69. The summed E-state index contributed by atoms with van der Waals surface area (Å²) in [5, 5.41) is 13.5. The van der Waals surface area contributed by atoms with Gasteiger partial charge in [0.2, 0.25) is 5.91 Å². The Morgan fingerprint density at radius 3 is 2.60 bits per heavy atom. The Morgan fingerprint density at radius 1 is 0.914 bits per heavy atom. The van der Waals surface area contributed by atoms with Gasteiger partial charge in [0.1, 0.15) is 0 Å². The van der Waals surface area contributed by atoms with E-state index in [9.17, 15) is 4.79 Å². The van der Waals surface area contributed by atoms with Gasteiger partial charge >= 0.3 is 0 Å². The van der Waals surface area contributed by atoms with Crippen molar-refractivity contribution in [2.45, 2.75) is 19.4 Å². The van der Waals surface area contributed by atoms with Crippen molar-refractivity contribution in [3.63, 3.8) is 0 Å². The minimum Gasteiger partial charge on any atom is -0.397 e. The second-order valence-electron chi connectivity index (χ2n) is 8.30. The van der Waals surface area contributed by atoms with Crippen LogP contribution >= 0.6 is 11.3 Å². The second kappa shape index (κ2) is 10.4. The summed E-state index contributed by atoms with van der Waals surface area (Å²) in [6.45, 7) is 0.617. The monoisotopic (exact) mass is 479 g/mol. The molecule has 6 nitrogen and oxygen atoms in total. The molecule has 7 heteroatoms. The fourth-order valence-corrected chi connectivity index (χ4v) is 4.64. The van der Waals surface area contributed by atoms with Crippen LogP contribution in [-0.4, -0.2) is 20.9 Å². The zero-order valence-electron chi connectivity index (χ0n) is 19.1. The summed E-state index contributed by atoms with van der Waals surface area (Å²) in [6, 6.07) is 28.4. The first-order chi connectivity index (χ1) is 17.1. The maximum atomic E-state index is 12.6. The predicted octanol–water partition coefficient (Wildman–Crippen LogP) is 5.88. The van der Waals surface area contributed by atoms with Gasteiger partial charge in [-0.05, 0) is 51.9 Å². The molecule has 1 amide bonds. The zero-order chi connectivity index (χ0) is 24.0. The van der Waals surface area contributed by atoms with Crippen LogP contribution < -0.4 is 11.1 Å². The van der Waals surface area contributed by atoms with Crippen LogP contribution in [0, 0.1) is 0 Å². The molecule has 2 aromatic heterocycles. The summed E-state index contributed by atoms with van der Waals surface area (Å²) in [4.78, 5) is 13.7. The van der Waals surface area contributed by atoms with Gasteiger partial charge in [-0.25, -0.2) is 4.68 Å². The van der Waals surface area contributed by atoms with E-state index in [0.717, 1.165) is 21.7 Å². The van der Waals surface area contributed by atoms with E-state index in [4.69, 9.17) is 5.73 Å². The van der Waals surface area contributed by atoms with Crippen molar-refractivity contribution in [3.8, 4) is 21.6 Å². The molecule has 3 aromatic carbocycles. The largest absolute Gasteiger partial charge is 0.397 e. The van der Waals surface area contributed by atoms with E-state index in [0.29, 0.717) is 30.8 Å². The van der Waals surface area contributed by atoms with Crippen LogP contribution in [-0.2, 0) is 17.8 Å². The average molecular weight is 480 g/mol. The van der Waals surface area contributed by atoms with Crippen molar-refractivity contribution in [2.75, 3.05) is 11.1 Å². The molecule has 3 N–H and O–H groups in total. The molecule has 2 heterocycles. The molecule has 35 heavy (non-hydrogen) atoms. The molecule has 0 radical (unpaired) electrons. The molecular weight excluding hydrogens is 454 g/mol. The number of thiophene rings is 1. The molecule has 0 unspecified atom stereocenters. The molecule has 174 valence electrons. The van der Waals surface area contributed by atoms with Crippen LogP contribution in [0.2, 0.25) is 0 Å². The summed E-state index contributed by atoms with van der Waals surface area (Å²) in [5.41, 5.74) is 12.6. The number of hydrogen-bond donors (Lipinski definition) is 2. The molecule has 5 rings (SSSR count). The molecule has 0 atom stereocenters. The van der Waals surface area contributed by atoms with Gasteiger partial charge in [-0.3, -0.25) is 4.79 Å². The summed E-state index contributed by atoms with van der Waals surface area (Å²) in [5.74, 6) is -0.106. The highest BCUT2D eigenvalue weighted by Crippen LogP contribution is 2.30. The van der Waals surface area contributed by atoms with E-state index in [2.05, 4.69) is 52.0 Å². The fourth-order valence-electron chi connectivity index (χ4n) is 3.91. The highest BCUT2D eigenvalue weighted by atomic mass is 32.1. The molecule has 0 saturated heterocycles. The molecule has 0 saturated carbocycles. The number of rotatable bonds is 8. The molecule has 0 aliphatic carbocycles. The number of nitrogen functional groups attached to an aromatic ring is 1. The smallest absolute Gasteiger partial charge is 0.224 e. The van der Waals surface area contributed by atoms with Crippen molar-refractivity contribution in [3.05, 3.63) is 108 Å². The average Bonchev–Trinajstić information content (AvgIpc) is 3.58. The van der Waals surface area contributed by atoms with E-state index in [-0.39, 0.29) is 5.91 Å². The Morgan fingerprint density at radius 2 is 1.77 bits per heavy atom. The molecule has 0 bridgehead atoms. The van der Waals surface area contributed by atoms with Gasteiger partial charge in [0.25, 0.3) is 0 Å². The van der Waals surface area contributed by atoms with Gasteiger partial charge in [0.05, 0.1) is 23.6 Å². The predicted molar refractivity (Wildman–Crippen MR) is 142 cm³/mol. The normalized spacial score (nSPS) is 10.9. The van der Waals surface area contributed by atoms with E-state index >= 15 is 0 Å². The third-order valence-electron chi connectivity index (χ3n) is 5.71. The van der Waals surface area contributed by atoms with E-state index in [1.807, 2.05) is 60.1 Å². The van der Waals surface area contributed by atoms with Crippen LogP contribution in [0.25, 0.3) is 21.6 Å².